The van der Waals surface area contributed by atoms with Crippen LogP contribution in [0.2, 0.25) is 0 Å². The monoisotopic (exact) mass is 1110 g/mol. The third-order valence-electron chi connectivity index (χ3n) is 18.2. The highest BCUT2D eigenvalue weighted by Gasteiger charge is 2.51. The maximum Gasteiger partial charge on any atom is 0.293 e. The number of nitrogens with one attached hydrogen (secondary N) is 3. The number of aromatic amines is 1. The van der Waals surface area contributed by atoms with Crippen molar-refractivity contribution in [1.29, 1.82) is 0 Å². The summed E-state index contributed by atoms with van der Waals surface area (Å²) in [6.07, 6.45) is 8.25. The molecule has 18 nitrogen and oxygen atoms in total. The normalized spacial score (nSPS) is 23.5. The largest absolute Gasteiger partial charge is 0.490 e. The third kappa shape index (κ3) is 9.77. The van der Waals surface area contributed by atoms with Crippen molar-refractivity contribution in [2.75, 3.05) is 87.4 Å². The van der Waals surface area contributed by atoms with Gasteiger partial charge in [0.25, 0.3) is 21.6 Å². The van der Waals surface area contributed by atoms with E-state index in [9.17, 15) is 27.7 Å². The lowest BCUT2D eigenvalue weighted by atomic mass is 9.59. The first kappa shape index (κ1) is 52.5. The van der Waals surface area contributed by atoms with E-state index in [1.807, 2.05) is 24.3 Å². The van der Waals surface area contributed by atoms with E-state index in [0.717, 1.165) is 88.4 Å². The van der Waals surface area contributed by atoms with E-state index in [1.165, 1.54) is 29.3 Å². The Morgan fingerprint density at radius 2 is 1.69 bits per heavy atom. The Balaban J connectivity index is 0.762. The first-order valence-electron chi connectivity index (χ1n) is 28.0. The summed E-state index contributed by atoms with van der Waals surface area (Å²) in [7, 11) is -4.64. The number of H-pyrrole nitrogens is 1. The smallest absolute Gasteiger partial charge is 0.293 e. The summed E-state index contributed by atoms with van der Waals surface area (Å²) >= 11 is 0. The molecule has 420 valence electrons. The van der Waals surface area contributed by atoms with Gasteiger partial charge in [0.1, 0.15) is 23.1 Å². The van der Waals surface area contributed by atoms with Crippen molar-refractivity contribution in [2.45, 2.75) is 93.5 Å². The van der Waals surface area contributed by atoms with Gasteiger partial charge in [-0.2, -0.15) is 9.37 Å². The fourth-order valence-electron chi connectivity index (χ4n) is 13.8. The summed E-state index contributed by atoms with van der Waals surface area (Å²) in [6.45, 7) is 8.84. The number of hydrogen-bond acceptors (Lipinski definition) is 15. The number of carbonyl (C=O) groups excluding carboxylic acids is 1. The van der Waals surface area contributed by atoms with E-state index in [-0.39, 0.29) is 53.1 Å². The van der Waals surface area contributed by atoms with Crippen LogP contribution in [0.4, 0.5) is 37.2 Å². The standard InChI is InChI=1S/C59H65F2N9O9S/c1-36-4-2-3-5-42(36)52-34-67(47-16-27-78-55-43(47)9-10-45(60)54(55)61)22-23-68(52)40-31-59(32-40)17-20-66(21-18-59)39-6-8-44(49(29-39)69-48-15-26-77-35-53(48)79-58-51(69)28-38-12-19-62-56(38)64-58)57(71)65-80(74,75)41-7-11-46(50(30-41)70(72)73)63-33-37-13-24-76-25-14-37/h2-12,19,28-30,37,40,47-48,52-53,63H,13-18,20-27,31-35H2,1H3,(H,62,64)(H,65,71)/t47-,48-,52-,53-/m0/s1. The van der Waals surface area contributed by atoms with Crippen molar-refractivity contribution < 1.29 is 45.9 Å². The van der Waals surface area contributed by atoms with Crippen LogP contribution in [0.5, 0.6) is 11.6 Å². The molecule has 4 aromatic carbocycles. The number of piperazine rings is 1. The van der Waals surface area contributed by atoms with Gasteiger partial charge in [0.05, 0.1) is 40.3 Å². The number of halogens is 2. The summed E-state index contributed by atoms with van der Waals surface area (Å²) in [6, 6.07) is 24.6. The number of pyridine rings is 1. The molecule has 0 radical (unpaired) electrons. The second kappa shape index (κ2) is 21.2. The molecule has 7 aliphatic rings. The average Bonchev–Trinajstić information content (AvgIpc) is 3.98. The van der Waals surface area contributed by atoms with Gasteiger partial charge >= 0.3 is 0 Å². The minimum Gasteiger partial charge on any atom is -0.490 e. The molecule has 1 aliphatic carbocycles. The van der Waals surface area contributed by atoms with Crippen molar-refractivity contribution in [2.24, 2.45) is 11.3 Å². The van der Waals surface area contributed by atoms with Crippen molar-refractivity contribution in [1.82, 2.24) is 24.5 Å². The molecular weight excluding hydrogens is 1050 g/mol. The molecule has 13 rings (SSSR count). The van der Waals surface area contributed by atoms with Gasteiger partial charge in [-0.1, -0.05) is 30.3 Å². The number of nitro benzene ring substituents is 1. The molecule has 1 amide bonds. The van der Waals surface area contributed by atoms with Gasteiger partial charge in [0, 0.05) is 113 Å². The molecule has 5 fully saturated rings. The zero-order valence-electron chi connectivity index (χ0n) is 44.6. The quantitative estimate of drug-likeness (QED) is 0.0774. The molecular formula is C59H65F2N9O9S. The van der Waals surface area contributed by atoms with Crippen molar-refractivity contribution in [3.8, 4) is 11.6 Å². The first-order chi connectivity index (χ1) is 38.8. The number of rotatable bonds is 12. The Morgan fingerprint density at radius 3 is 2.50 bits per heavy atom. The number of carbonyl (C=O) groups is 1. The summed E-state index contributed by atoms with van der Waals surface area (Å²) in [5, 5.41) is 16.3. The number of anilines is 4. The molecule has 6 aliphatic heterocycles. The zero-order valence-corrected chi connectivity index (χ0v) is 45.4. The minimum atomic E-state index is -4.64. The van der Waals surface area contributed by atoms with Crippen LogP contribution in [0.25, 0.3) is 11.0 Å². The summed E-state index contributed by atoms with van der Waals surface area (Å²) in [5.74, 6) is -2.08. The zero-order chi connectivity index (χ0) is 54.9. The van der Waals surface area contributed by atoms with Crippen LogP contribution >= 0.6 is 0 Å². The van der Waals surface area contributed by atoms with Crippen molar-refractivity contribution >= 4 is 55.4 Å². The Morgan fingerprint density at radius 1 is 0.875 bits per heavy atom. The number of sulfonamides is 1. The van der Waals surface area contributed by atoms with E-state index in [2.05, 4.69) is 65.8 Å². The van der Waals surface area contributed by atoms with Gasteiger partial charge in [-0.15, -0.1) is 0 Å². The molecule has 1 spiro atoms. The van der Waals surface area contributed by atoms with Gasteiger partial charge in [-0.05, 0) is 123 Å². The minimum absolute atomic E-state index is 0.0330. The highest BCUT2D eigenvalue weighted by molar-refractivity contribution is 7.90. The molecule has 0 unspecified atom stereocenters. The van der Waals surface area contributed by atoms with Crippen molar-refractivity contribution in [3.63, 3.8) is 0 Å². The summed E-state index contributed by atoms with van der Waals surface area (Å²) in [4.78, 5) is 43.7. The second-order valence-corrected chi connectivity index (χ2v) is 24.5. The number of ether oxygens (including phenoxy) is 4. The predicted molar refractivity (Wildman–Crippen MR) is 296 cm³/mol. The van der Waals surface area contributed by atoms with Gasteiger partial charge in [0.15, 0.2) is 11.6 Å². The number of aromatic nitrogens is 2. The first-order valence-corrected chi connectivity index (χ1v) is 29.5. The Bertz CT molecular complexity index is 3470. The fourth-order valence-corrected chi connectivity index (χ4v) is 14.8. The molecule has 8 heterocycles. The van der Waals surface area contributed by atoms with E-state index in [0.29, 0.717) is 80.3 Å². The van der Waals surface area contributed by atoms with Crippen LogP contribution in [0, 0.1) is 40.0 Å². The van der Waals surface area contributed by atoms with Gasteiger partial charge in [0.2, 0.25) is 11.7 Å². The maximum absolute atomic E-state index is 15.0. The van der Waals surface area contributed by atoms with Crippen LogP contribution < -0.4 is 29.3 Å². The molecule has 80 heavy (non-hydrogen) atoms. The molecule has 2 aromatic heterocycles. The van der Waals surface area contributed by atoms with Crippen LogP contribution in [-0.2, 0) is 19.5 Å². The highest BCUT2D eigenvalue weighted by atomic mass is 32.2. The van der Waals surface area contributed by atoms with Crippen LogP contribution in [0.1, 0.15) is 90.5 Å². The molecule has 1 saturated carbocycles. The molecule has 4 saturated heterocycles. The topological polar surface area (TPSA) is 197 Å². The van der Waals surface area contributed by atoms with E-state index in [1.54, 1.807) is 18.3 Å². The highest BCUT2D eigenvalue weighted by Crippen LogP contribution is 2.54. The molecule has 21 heteroatoms. The Kier molecular flexibility index (Phi) is 13.9. The lowest BCUT2D eigenvalue weighted by Crippen LogP contribution is -2.60. The number of fused-ring (bicyclic) bond motifs is 4. The molecule has 4 atom stereocenters. The average molecular weight is 1110 g/mol. The maximum atomic E-state index is 15.0. The third-order valence-corrected chi connectivity index (χ3v) is 19.6. The summed E-state index contributed by atoms with van der Waals surface area (Å²) in [5.41, 5.74) is 5.83. The van der Waals surface area contributed by atoms with Gasteiger partial charge < -0.3 is 39.0 Å². The van der Waals surface area contributed by atoms with Gasteiger partial charge in [-0.25, -0.2) is 17.5 Å². The predicted octanol–water partition coefficient (Wildman–Crippen LogP) is 9.33. The number of nitro groups is 1. The van der Waals surface area contributed by atoms with E-state index in [4.69, 9.17) is 23.9 Å². The number of piperidine rings is 1. The number of nitrogens with zero attached hydrogens (tertiary/aromatic N) is 6. The van der Waals surface area contributed by atoms with E-state index < -0.39 is 49.2 Å². The number of benzene rings is 4. The Labute approximate surface area is 462 Å². The molecule has 0 bridgehead atoms. The van der Waals surface area contributed by atoms with Crippen LogP contribution in [0.3, 0.4) is 0 Å². The van der Waals surface area contributed by atoms with Crippen LogP contribution in [-0.4, -0.2) is 130 Å². The summed E-state index contributed by atoms with van der Waals surface area (Å²) < 4.78 is 83.7. The molecule has 6 aromatic rings. The SMILES string of the molecule is Cc1ccccc1[C@@H]1CN([C@H]2CCOc3c2ccc(F)c3F)CCN1C1CC2(CCN(c3ccc(C(=O)NS(=O)(=O)c4ccc(NCC5CCOCC5)c([N+](=O)[O-])c4)c(N4c5cc6cc[nH]c6nc5O[C@H]5COCC[C@@H]54)c3)CC2)C1. The van der Waals surface area contributed by atoms with E-state index >= 15 is 4.39 Å². The number of hydrogen-bond donors (Lipinski definition) is 3. The second-order valence-electron chi connectivity index (χ2n) is 22.8. The number of amides is 1. The lowest BCUT2D eigenvalue weighted by Gasteiger charge is -2.59. The molecule has 3 N–H and O–H groups in total. The van der Waals surface area contributed by atoms with Crippen LogP contribution in [0.15, 0.2) is 96.0 Å². The Hall–Kier alpha value is -6.91. The number of aryl methyl sites for hydroxylation is 1. The lowest BCUT2D eigenvalue weighted by molar-refractivity contribution is -0.384. The fraction of sp³-hybridized carbons (Fsp3) is 0.458. The van der Waals surface area contributed by atoms with Gasteiger partial charge in [-0.3, -0.25) is 24.7 Å². The van der Waals surface area contributed by atoms with Crippen molar-refractivity contribution in [3.05, 3.63) is 135 Å².